The summed E-state index contributed by atoms with van der Waals surface area (Å²) in [5, 5.41) is 0. The first-order valence-electron chi connectivity index (χ1n) is 16.4. The summed E-state index contributed by atoms with van der Waals surface area (Å²) in [7, 11) is 3.12. The molecule has 0 bridgehead atoms. The van der Waals surface area contributed by atoms with Gasteiger partial charge in [-0.15, -0.1) is 0 Å². The molecule has 14 heteroatoms. The number of halogens is 6. The monoisotopic (exact) mass is 706 g/mol. The van der Waals surface area contributed by atoms with Crippen molar-refractivity contribution in [3.63, 3.8) is 0 Å². The smallest absolute Gasteiger partial charge is 0.421 e. The lowest BCUT2D eigenvalue weighted by molar-refractivity contribution is -0.138. The van der Waals surface area contributed by atoms with Crippen LogP contribution in [0, 0.1) is 0 Å². The Labute approximate surface area is 289 Å². The maximum atomic E-state index is 13.4. The van der Waals surface area contributed by atoms with Gasteiger partial charge in [-0.1, -0.05) is 57.9 Å². The fraction of sp³-hybridized carbons (Fsp3) is 0.444. The van der Waals surface area contributed by atoms with Crippen LogP contribution in [0.25, 0.3) is 0 Å². The first-order valence-corrected chi connectivity index (χ1v) is 16.4. The van der Waals surface area contributed by atoms with Crippen LogP contribution >= 0.6 is 0 Å². The average Bonchev–Trinajstić information content (AvgIpc) is 3.06. The van der Waals surface area contributed by atoms with Crippen LogP contribution in [-0.4, -0.2) is 46.7 Å². The van der Waals surface area contributed by atoms with Gasteiger partial charge in [-0.3, -0.25) is 0 Å². The van der Waals surface area contributed by atoms with Gasteiger partial charge < -0.3 is 19.3 Å². The normalized spacial score (nSPS) is 11.6. The van der Waals surface area contributed by atoms with Crippen molar-refractivity contribution in [2.75, 3.05) is 30.5 Å². The van der Waals surface area contributed by atoms with Gasteiger partial charge >= 0.3 is 24.4 Å². The van der Waals surface area contributed by atoms with E-state index in [0.717, 1.165) is 49.2 Å². The van der Waals surface area contributed by atoms with Crippen LogP contribution in [0.1, 0.15) is 76.1 Å². The van der Waals surface area contributed by atoms with Gasteiger partial charge in [0.1, 0.15) is 11.1 Å². The third-order valence-electron chi connectivity index (χ3n) is 7.19. The lowest BCUT2D eigenvalue weighted by Crippen LogP contribution is -2.20. The van der Waals surface area contributed by atoms with Crippen molar-refractivity contribution >= 4 is 23.0 Å². The number of benzene rings is 2. The molecule has 0 aliphatic carbocycles. The third-order valence-corrected chi connectivity index (χ3v) is 7.19. The molecule has 0 N–H and O–H groups in total. The van der Waals surface area contributed by atoms with Gasteiger partial charge in [-0.2, -0.15) is 36.3 Å². The van der Waals surface area contributed by atoms with E-state index in [-0.39, 0.29) is 29.8 Å². The van der Waals surface area contributed by atoms with Gasteiger partial charge in [0.05, 0.1) is 12.7 Å². The highest BCUT2D eigenvalue weighted by molar-refractivity contribution is 5.64. The number of ether oxygens (including phenoxy) is 2. The second kappa shape index (κ2) is 17.9. The molecule has 2 aromatic heterocycles. The molecule has 4 rings (SSSR count). The Morgan fingerprint density at radius 3 is 1.50 bits per heavy atom. The number of alkyl halides is 6. The molecule has 50 heavy (non-hydrogen) atoms. The van der Waals surface area contributed by atoms with Gasteiger partial charge in [-0.25, -0.2) is 9.97 Å². The number of rotatable bonds is 13. The largest absolute Gasteiger partial charge is 0.463 e. The molecule has 4 aromatic rings. The van der Waals surface area contributed by atoms with E-state index in [0.29, 0.717) is 24.4 Å². The Morgan fingerprint density at radius 1 is 0.660 bits per heavy atom. The summed E-state index contributed by atoms with van der Waals surface area (Å²) in [6, 6.07) is 14.7. The topological polar surface area (TPSA) is 76.5 Å². The Hall–Kier alpha value is -4.62. The maximum Gasteiger partial charge on any atom is 0.421 e. The SMILES string of the molecule is CCCOc1ncc(C(F)(F)F)c(N(C)c2cccc(CCC)c2)n1.CCCc1cccc(N(C)c2nc(OC(C)C)ncc2C(F)(F)F)c1. The minimum Gasteiger partial charge on any atom is -0.463 e. The van der Waals surface area contributed by atoms with Gasteiger partial charge in [0.25, 0.3) is 0 Å². The molecule has 0 saturated heterocycles. The highest BCUT2D eigenvalue weighted by Gasteiger charge is 2.38. The van der Waals surface area contributed by atoms with Crippen molar-refractivity contribution in [3.8, 4) is 12.0 Å². The van der Waals surface area contributed by atoms with Gasteiger partial charge in [-0.05, 0) is 68.5 Å². The van der Waals surface area contributed by atoms with Gasteiger partial charge in [0.15, 0.2) is 11.6 Å². The summed E-state index contributed by atoms with van der Waals surface area (Å²) in [6.07, 6.45) is -3.43. The molecular weight excluding hydrogens is 662 g/mol. The molecule has 0 fully saturated rings. The predicted octanol–water partition coefficient (Wildman–Crippen LogP) is 10.0. The Balaban J connectivity index is 0.000000270. The first kappa shape index (κ1) is 39.8. The van der Waals surface area contributed by atoms with Crippen molar-refractivity contribution in [1.29, 1.82) is 0 Å². The van der Waals surface area contributed by atoms with Crippen molar-refractivity contribution in [2.45, 2.75) is 85.2 Å². The minimum atomic E-state index is -4.55. The second-order valence-corrected chi connectivity index (χ2v) is 11.7. The van der Waals surface area contributed by atoms with Crippen LogP contribution in [0.5, 0.6) is 12.0 Å². The van der Waals surface area contributed by atoms with Crippen LogP contribution in [0.4, 0.5) is 49.4 Å². The van der Waals surface area contributed by atoms with Crippen molar-refractivity contribution in [1.82, 2.24) is 19.9 Å². The molecule has 0 atom stereocenters. The Kier molecular flexibility index (Phi) is 14.2. The van der Waals surface area contributed by atoms with Crippen LogP contribution in [0.2, 0.25) is 0 Å². The number of aromatic nitrogens is 4. The van der Waals surface area contributed by atoms with Gasteiger partial charge in [0.2, 0.25) is 0 Å². The van der Waals surface area contributed by atoms with Crippen LogP contribution in [0.15, 0.2) is 60.9 Å². The summed E-state index contributed by atoms with van der Waals surface area (Å²) in [5.41, 5.74) is 1.61. The van der Waals surface area contributed by atoms with Crippen molar-refractivity contribution in [3.05, 3.63) is 83.2 Å². The number of anilines is 4. The maximum absolute atomic E-state index is 13.4. The summed E-state index contributed by atoms with van der Waals surface area (Å²) in [5.74, 6) is -0.450. The van der Waals surface area contributed by atoms with E-state index in [2.05, 4.69) is 33.8 Å². The fourth-order valence-corrected chi connectivity index (χ4v) is 4.82. The van der Waals surface area contributed by atoms with E-state index < -0.39 is 23.5 Å². The highest BCUT2D eigenvalue weighted by atomic mass is 19.4. The van der Waals surface area contributed by atoms with Crippen molar-refractivity contribution < 1.29 is 35.8 Å². The molecule has 0 spiro atoms. The number of hydrogen-bond donors (Lipinski definition) is 0. The lowest BCUT2D eigenvalue weighted by atomic mass is 10.1. The van der Waals surface area contributed by atoms with Crippen LogP contribution < -0.4 is 19.3 Å². The molecule has 0 unspecified atom stereocenters. The van der Waals surface area contributed by atoms with E-state index in [9.17, 15) is 26.3 Å². The number of nitrogens with zero attached hydrogens (tertiary/aromatic N) is 6. The fourth-order valence-electron chi connectivity index (χ4n) is 4.82. The quantitative estimate of drug-likeness (QED) is 0.127. The average molecular weight is 707 g/mol. The highest BCUT2D eigenvalue weighted by Crippen LogP contribution is 2.39. The molecule has 0 amide bonds. The molecule has 0 saturated carbocycles. The third kappa shape index (κ3) is 11.2. The Bertz CT molecular complexity index is 1670. The van der Waals surface area contributed by atoms with E-state index in [1.54, 1.807) is 40.1 Å². The summed E-state index contributed by atoms with van der Waals surface area (Å²) < 4.78 is 90.8. The van der Waals surface area contributed by atoms with E-state index in [4.69, 9.17) is 9.47 Å². The van der Waals surface area contributed by atoms with Crippen LogP contribution in [0.3, 0.4) is 0 Å². The predicted molar refractivity (Wildman–Crippen MR) is 183 cm³/mol. The first-order chi connectivity index (χ1) is 23.6. The molecular formula is C36H44F6N6O2. The van der Waals surface area contributed by atoms with E-state index in [1.807, 2.05) is 43.3 Å². The molecule has 2 heterocycles. The molecule has 0 aliphatic heterocycles. The summed E-state index contributed by atoms with van der Waals surface area (Å²) in [4.78, 5) is 18.2. The van der Waals surface area contributed by atoms with Crippen LogP contribution in [-0.2, 0) is 25.2 Å². The zero-order valence-electron chi connectivity index (χ0n) is 29.4. The molecule has 272 valence electrons. The summed E-state index contributed by atoms with van der Waals surface area (Å²) >= 11 is 0. The lowest BCUT2D eigenvalue weighted by Gasteiger charge is -2.23. The number of hydrogen-bond acceptors (Lipinski definition) is 8. The number of aryl methyl sites for hydroxylation is 2. The molecule has 2 aromatic carbocycles. The molecule has 0 aliphatic rings. The second-order valence-electron chi connectivity index (χ2n) is 11.7. The van der Waals surface area contributed by atoms with E-state index >= 15 is 0 Å². The minimum absolute atomic E-state index is 0.0542. The van der Waals surface area contributed by atoms with Gasteiger partial charge in [0, 0.05) is 37.9 Å². The molecule has 0 radical (unpaired) electrons. The Morgan fingerprint density at radius 2 is 1.10 bits per heavy atom. The van der Waals surface area contributed by atoms with E-state index in [1.165, 1.54) is 9.80 Å². The zero-order valence-corrected chi connectivity index (χ0v) is 29.4. The molecule has 8 nitrogen and oxygen atoms in total. The zero-order chi connectivity index (χ0) is 37.1. The summed E-state index contributed by atoms with van der Waals surface area (Å²) in [6.45, 7) is 9.88. The van der Waals surface area contributed by atoms with Crippen molar-refractivity contribution in [2.24, 2.45) is 0 Å². The standard InChI is InChI=1S/2C18H22F3N3O/c1-5-7-13-8-6-9-14(10-13)24(4)16-15(18(19,20)21)11-22-17(23-16)25-12(2)3;1-4-7-13-8-6-9-14(11-13)24(3)16-15(18(19,20)21)12-22-17(23-16)25-10-5-2/h6,8-12H,5,7H2,1-4H3;6,8-9,11-12H,4-5,7,10H2,1-3H3.